The van der Waals surface area contributed by atoms with E-state index in [0.717, 1.165) is 34.5 Å². The quantitative estimate of drug-likeness (QED) is 0.296. The zero-order valence-electron chi connectivity index (χ0n) is 23.1. The Hall–Kier alpha value is -4.06. The zero-order valence-corrected chi connectivity index (χ0v) is 23.1. The number of nitrogens with zero attached hydrogens (tertiary/aromatic N) is 3. The Bertz CT molecular complexity index is 1460. The maximum atomic E-state index is 9.96. The number of benzene rings is 3. The van der Waals surface area contributed by atoms with Gasteiger partial charge in [-0.3, -0.25) is 0 Å². The first-order chi connectivity index (χ1) is 18.7. The molecule has 1 aromatic heterocycles. The first-order valence-corrected chi connectivity index (χ1v) is 13.2. The first kappa shape index (κ1) is 26.5. The molecular weight excluding hydrogens is 487 g/mol. The summed E-state index contributed by atoms with van der Waals surface area (Å²) in [4.78, 5) is 0. The lowest BCUT2D eigenvalue weighted by Gasteiger charge is -2.32. The van der Waals surface area contributed by atoms with Gasteiger partial charge in [-0.15, -0.1) is 0 Å². The highest BCUT2D eigenvalue weighted by molar-refractivity contribution is 6.62. The topological polar surface area (TPSA) is 81.3 Å². The Morgan fingerprint density at radius 1 is 0.897 bits per heavy atom. The number of aryl methyl sites for hydroxylation is 2. The van der Waals surface area contributed by atoms with Crippen LogP contribution in [-0.2, 0) is 22.3 Å². The van der Waals surface area contributed by atoms with Gasteiger partial charge >= 0.3 is 7.12 Å². The lowest BCUT2D eigenvalue weighted by Crippen LogP contribution is -2.41. The van der Waals surface area contributed by atoms with Crippen LogP contribution >= 0.6 is 0 Å². The van der Waals surface area contributed by atoms with Gasteiger partial charge in [0.05, 0.1) is 11.2 Å². The molecule has 1 aliphatic heterocycles. The van der Waals surface area contributed by atoms with E-state index in [1.54, 1.807) is 0 Å². The van der Waals surface area contributed by atoms with Crippen LogP contribution in [-0.4, -0.2) is 35.1 Å². The van der Waals surface area contributed by atoms with Crippen molar-refractivity contribution in [2.45, 2.75) is 51.9 Å². The number of hydrogen-bond donors (Lipinski definition) is 1. The molecule has 0 bridgehead atoms. The SMILES string of the molecule is CNc1c(C#N)c(-c2ccc(Oc3ccccc3)cc2)nn1CCc1ccc(B2OC(C)(C)C(C)(C)O2)cc1. The minimum Gasteiger partial charge on any atom is -0.457 e. The number of nitrogens with one attached hydrogen (secondary N) is 1. The largest absolute Gasteiger partial charge is 0.494 e. The highest BCUT2D eigenvalue weighted by atomic mass is 16.7. The van der Waals surface area contributed by atoms with Gasteiger partial charge in [-0.25, -0.2) is 4.68 Å². The predicted octanol–water partition coefficient (Wildman–Crippen LogP) is 5.80. The molecule has 4 aromatic rings. The zero-order chi connectivity index (χ0) is 27.6. The third kappa shape index (κ3) is 5.42. The fourth-order valence-corrected chi connectivity index (χ4v) is 4.55. The van der Waals surface area contributed by atoms with Gasteiger partial charge in [-0.05, 0) is 81.5 Å². The molecule has 0 amide bonds. The number of para-hydroxylation sites is 1. The van der Waals surface area contributed by atoms with E-state index in [-0.39, 0.29) is 18.3 Å². The van der Waals surface area contributed by atoms with E-state index in [2.05, 4.69) is 63.3 Å². The van der Waals surface area contributed by atoms with Crippen molar-refractivity contribution in [3.05, 3.63) is 90.0 Å². The number of ether oxygens (including phenoxy) is 1. The molecule has 8 heteroatoms. The van der Waals surface area contributed by atoms with Crippen LogP contribution in [0, 0.1) is 11.3 Å². The maximum absolute atomic E-state index is 9.96. The Morgan fingerprint density at radius 3 is 2.10 bits per heavy atom. The summed E-state index contributed by atoms with van der Waals surface area (Å²) in [5, 5.41) is 17.9. The number of aromatic nitrogens is 2. The van der Waals surface area contributed by atoms with Crippen LogP contribution in [0.1, 0.15) is 38.8 Å². The van der Waals surface area contributed by atoms with Gasteiger partial charge in [0.25, 0.3) is 0 Å². The molecule has 1 saturated heterocycles. The third-order valence-electron chi connectivity index (χ3n) is 7.53. The third-order valence-corrected chi connectivity index (χ3v) is 7.53. The van der Waals surface area contributed by atoms with Crippen LogP contribution in [0.2, 0.25) is 0 Å². The summed E-state index contributed by atoms with van der Waals surface area (Å²) in [6.07, 6.45) is 0.758. The number of hydrogen-bond acceptors (Lipinski definition) is 6. The number of rotatable bonds is 8. The van der Waals surface area contributed by atoms with Crippen LogP contribution in [0.25, 0.3) is 11.3 Å². The molecule has 1 N–H and O–H groups in total. The Morgan fingerprint density at radius 2 is 1.51 bits per heavy atom. The fraction of sp³-hybridized carbons (Fsp3) is 0.290. The summed E-state index contributed by atoms with van der Waals surface area (Å²) in [7, 11) is 1.44. The Balaban J connectivity index is 1.30. The smallest absolute Gasteiger partial charge is 0.457 e. The molecule has 0 spiro atoms. The molecular formula is C31H33BN4O3. The van der Waals surface area contributed by atoms with Gasteiger partial charge in [-0.2, -0.15) is 10.4 Å². The lowest BCUT2D eigenvalue weighted by molar-refractivity contribution is 0.00578. The van der Waals surface area contributed by atoms with Crippen molar-refractivity contribution in [1.29, 1.82) is 5.26 Å². The standard InChI is InChI=1S/C31H33BN4O3/c1-30(2)31(3,4)39-32(38-30)24-15-11-22(12-16-24)19-20-36-29(34-5)27(21-33)28(35-36)23-13-17-26(18-14-23)37-25-9-7-6-8-10-25/h6-18,34H,19-20H2,1-5H3. The van der Waals surface area contributed by atoms with Crippen LogP contribution in [0.15, 0.2) is 78.9 Å². The molecule has 3 aromatic carbocycles. The summed E-state index contributed by atoms with van der Waals surface area (Å²) < 4.78 is 20.1. The number of nitriles is 1. The van der Waals surface area contributed by atoms with E-state index in [0.29, 0.717) is 23.6 Å². The highest BCUT2D eigenvalue weighted by Crippen LogP contribution is 2.36. The first-order valence-electron chi connectivity index (χ1n) is 13.2. The van der Waals surface area contributed by atoms with Crippen LogP contribution < -0.4 is 15.5 Å². The molecule has 2 heterocycles. The summed E-state index contributed by atoms with van der Waals surface area (Å²) in [6, 6.07) is 27.9. The van der Waals surface area contributed by atoms with Gasteiger partial charge in [0.15, 0.2) is 0 Å². The Labute approximate surface area is 230 Å². The summed E-state index contributed by atoms with van der Waals surface area (Å²) >= 11 is 0. The van der Waals surface area contributed by atoms with Gasteiger partial charge in [0.1, 0.15) is 34.6 Å². The molecule has 39 heavy (non-hydrogen) atoms. The van der Waals surface area contributed by atoms with Crippen molar-refractivity contribution >= 4 is 18.4 Å². The van der Waals surface area contributed by atoms with Gasteiger partial charge in [0.2, 0.25) is 0 Å². The van der Waals surface area contributed by atoms with Crippen molar-refractivity contribution < 1.29 is 14.0 Å². The summed E-state index contributed by atoms with van der Waals surface area (Å²) in [5.74, 6) is 2.19. The molecule has 198 valence electrons. The van der Waals surface area contributed by atoms with Crippen LogP contribution in [0.5, 0.6) is 11.5 Å². The van der Waals surface area contributed by atoms with E-state index in [4.69, 9.17) is 19.1 Å². The second kappa shape index (κ2) is 10.6. The van der Waals surface area contributed by atoms with Crippen LogP contribution in [0.3, 0.4) is 0 Å². The molecule has 0 aliphatic carbocycles. The summed E-state index contributed by atoms with van der Waals surface area (Å²) in [5.41, 5.74) is 3.44. The van der Waals surface area contributed by atoms with Crippen molar-refractivity contribution in [2.24, 2.45) is 0 Å². The van der Waals surface area contributed by atoms with Crippen molar-refractivity contribution in [3.8, 4) is 28.8 Å². The average Bonchev–Trinajstić information content (AvgIpc) is 3.40. The van der Waals surface area contributed by atoms with E-state index < -0.39 is 0 Å². The van der Waals surface area contributed by atoms with E-state index >= 15 is 0 Å². The average molecular weight is 520 g/mol. The minimum atomic E-state index is -0.378. The number of anilines is 1. The monoisotopic (exact) mass is 520 g/mol. The summed E-state index contributed by atoms with van der Waals surface area (Å²) in [6.45, 7) is 8.85. The van der Waals surface area contributed by atoms with Crippen molar-refractivity contribution in [2.75, 3.05) is 12.4 Å². The van der Waals surface area contributed by atoms with Gasteiger partial charge < -0.3 is 19.4 Å². The van der Waals surface area contributed by atoms with E-state index in [9.17, 15) is 5.26 Å². The molecule has 0 radical (unpaired) electrons. The highest BCUT2D eigenvalue weighted by Gasteiger charge is 2.51. The lowest BCUT2D eigenvalue weighted by atomic mass is 9.79. The molecule has 1 fully saturated rings. The second-order valence-corrected chi connectivity index (χ2v) is 10.7. The predicted molar refractivity (Wildman–Crippen MR) is 154 cm³/mol. The van der Waals surface area contributed by atoms with E-state index in [1.165, 1.54) is 0 Å². The van der Waals surface area contributed by atoms with Gasteiger partial charge in [-0.1, -0.05) is 42.5 Å². The van der Waals surface area contributed by atoms with Crippen molar-refractivity contribution in [1.82, 2.24) is 9.78 Å². The fourth-order valence-electron chi connectivity index (χ4n) is 4.55. The molecule has 5 rings (SSSR count). The molecule has 0 saturated carbocycles. The van der Waals surface area contributed by atoms with Gasteiger partial charge in [0, 0.05) is 19.2 Å². The molecule has 7 nitrogen and oxygen atoms in total. The second-order valence-electron chi connectivity index (χ2n) is 10.7. The molecule has 0 unspecified atom stereocenters. The Kier molecular flexibility index (Phi) is 7.22. The van der Waals surface area contributed by atoms with Crippen LogP contribution in [0.4, 0.5) is 5.82 Å². The molecule has 1 aliphatic rings. The molecule has 0 atom stereocenters. The van der Waals surface area contributed by atoms with E-state index in [1.807, 2.05) is 66.3 Å². The maximum Gasteiger partial charge on any atom is 0.494 e. The minimum absolute atomic E-state index is 0.370. The normalized spacial score (nSPS) is 15.6. The van der Waals surface area contributed by atoms with Crippen molar-refractivity contribution in [3.63, 3.8) is 0 Å².